The van der Waals surface area contributed by atoms with Crippen molar-refractivity contribution in [2.24, 2.45) is 0 Å². The number of ether oxygens (including phenoxy) is 1. The molecule has 0 amide bonds. The average Bonchev–Trinajstić information content (AvgIpc) is 3.30. The fraction of sp³-hybridized carbons (Fsp3) is 0.318. The Balaban J connectivity index is 1.39. The first-order chi connectivity index (χ1) is 15.0. The number of hydrogen-bond donors (Lipinski definition) is 1. The van der Waals surface area contributed by atoms with Gasteiger partial charge in [0.1, 0.15) is 5.82 Å². The topological polar surface area (TPSA) is 76.5 Å². The third-order valence-corrected chi connectivity index (χ3v) is 7.09. The fourth-order valence-electron chi connectivity index (χ4n) is 3.60. The lowest BCUT2D eigenvalue weighted by molar-refractivity contribution is 0.0729. The van der Waals surface area contributed by atoms with Crippen LogP contribution in [-0.4, -0.2) is 48.6 Å². The maximum atomic E-state index is 14.4. The molecular weight excluding hydrogens is 419 g/mol. The molecule has 1 N–H and O–H groups in total. The van der Waals surface area contributed by atoms with Gasteiger partial charge in [-0.05, 0) is 28.8 Å². The molecule has 9 heteroatoms. The lowest BCUT2D eigenvalue weighted by atomic mass is 10.1. The van der Waals surface area contributed by atoms with E-state index in [0.29, 0.717) is 45.1 Å². The number of nitrogens with one attached hydrogen (secondary N) is 1. The highest BCUT2D eigenvalue weighted by molar-refractivity contribution is 7.88. The largest absolute Gasteiger partial charge is 0.379 e. The van der Waals surface area contributed by atoms with E-state index in [4.69, 9.17) is 4.74 Å². The smallest absolute Gasteiger partial charge is 0.218 e. The first kappa shape index (κ1) is 21.6. The number of benzene rings is 2. The van der Waals surface area contributed by atoms with Crippen LogP contribution in [0.3, 0.4) is 0 Å². The molecule has 0 saturated carbocycles. The Morgan fingerprint density at radius 2 is 1.84 bits per heavy atom. The van der Waals surface area contributed by atoms with Gasteiger partial charge in [0, 0.05) is 38.6 Å². The molecule has 1 saturated heterocycles. The van der Waals surface area contributed by atoms with E-state index < -0.39 is 10.0 Å². The first-order valence-electron chi connectivity index (χ1n) is 10.1. The molecule has 31 heavy (non-hydrogen) atoms. The standard InChI is InChI=1S/C22H25FN4O3S/c23-21-13-18(5-6-22(21)26-8-7-24-17-26)14-25-15-19-3-1-2-4-20(19)16-31(28,29)27-9-11-30-12-10-27/h1-8,13,17,25H,9-12,14-16H2. The summed E-state index contributed by atoms with van der Waals surface area (Å²) in [7, 11) is -3.40. The molecule has 2 heterocycles. The number of sulfonamides is 1. The number of rotatable bonds is 8. The number of imidazole rings is 1. The first-order valence-corrected chi connectivity index (χ1v) is 11.7. The predicted molar refractivity (Wildman–Crippen MR) is 116 cm³/mol. The van der Waals surface area contributed by atoms with Crippen molar-refractivity contribution in [1.82, 2.24) is 19.2 Å². The Kier molecular flexibility index (Phi) is 6.77. The molecule has 0 spiro atoms. The minimum atomic E-state index is -3.40. The third-order valence-electron chi connectivity index (χ3n) is 5.26. The summed E-state index contributed by atoms with van der Waals surface area (Å²) in [6.07, 6.45) is 4.85. The molecular formula is C22H25FN4O3S. The molecule has 164 valence electrons. The Morgan fingerprint density at radius 1 is 1.06 bits per heavy atom. The molecule has 1 aliphatic heterocycles. The van der Waals surface area contributed by atoms with E-state index in [1.54, 1.807) is 29.4 Å². The van der Waals surface area contributed by atoms with Gasteiger partial charge in [0.25, 0.3) is 0 Å². The normalized spacial score (nSPS) is 15.3. The van der Waals surface area contributed by atoms with Crippen LogP contribution in [0.25, 0.3) is 5.69 Å². The summed E-state index contributed by atoms with van der Waals surface area (Å²) >= 11 is 0. The van der Waals surface area contributed by atoms with Crippen LogP contribution in [0.2, 0.25) is 0 Å². The van der Waals surface area contributed by atoms with E-state index in [1.807, 2.05) is 30.3 Å². The van der Waals surface area contributed by atoms with E-state index in [2.05, 4.69) is 10.3 Å². The van der Waals surface area contributed by atoms with Gasteiger partial charge in [-0.25, -0.2) is 17.8 Å². The highest BCUT2D eigenvalue weighted by Crippen LogP contribution is 2.18. The average molecular weight is 445 g/mol. The van der Waals surface area contributed by atoms with Gasteiger partial charge in [-0.15, -0.1) is 0 Å². The molecule has 1 aliphatic rings. The van der Waals surface area contributed by atoms with Gasteiger partial charge in [-0.1, -0.05) is 30.3 Å². The van der Waals surface area contributed by atoms with Gasteiger partial charge in [0.15, 0.2) is 0 Å². The SMILES string of the molecule is O=S(=O)(Cc1ccccc1CNCc1ccc(-n2ccnc2)c(F)c1)N1CCOCC1. The Bertz CT molecular complexity index is 1110. The lowest BCUT2D eigenvalue weighted by Crippen LogP contribution is -2.41. The van der Waals surface area contributed by atoms with Crippen LogP contribution < -0.4 is 5.32 Å². The summed E-state index contributed by atoms with van der Waals surface area (Å²) in [5, 5.41) is 3.29. The summed E-state index contributed by atoms with van der Waals surface area (Å²) in [6.45, 7) is 2.59. The van der Waals surface area contributed by atoms with Crippen LogP contribution in [0, 0.1) is 5.82 Å². The summed E-state index contributed by atoms with van der Waals surface area (Å²) in [5.41, 5.74) is 2.93. The van der Waals surface area contributed by atoms with E-state index in [-0.39, 0.29) is 11.6 Å². The second-order valence-electron chi connectivity index (χ2n) is 7.40. The highest BCUT2D eigenvalue weighted by Gasteiger charge is 2.25. The van der Waals surface area contributed by atoms with Crippen LogP contribution >= 0.6 is 0 Å². The van der Waals surface area contributed by atoms with Crippen LogP contribution in [-0.2, 0) is 33.6 Å². The second-order valence-corrected chi connectivity index (χ2v) is 9.36. The van der Waals surface area contributed by atoms with E-state index in [9.17, 15) is 12.8 Å². The van der Waals surface area contributed by atoms with Gasteiger partial charge in [-0.2, -0.15) is 4.31 Å². The fourth-order valence-corrected chi connectivity index (χ4v) is 5.16. The molecule has 3 aromatic rings. The van der Waals surface area contributed by atoms with Crippen molar-refractivity contribution in [2.45, 2.75) is 18.8 Å². The van der Waals surface area contributed by atoms with Crippen molar-refractivity contribution in [3.8, 4) is 5.69 Å². The Hall–Kier alpha value is -2.59. The van der Waals surface area contributed by atoms with Crippen molar-refractivity contribution in [2.75, 3.05) is 26.3 Å². The van der Waals surface area contributed by atoms with Crippen molar-refractivity contribution in [3.05, 3.63) is 83.7 Å². The zero-order valence-corrected chi connectivity index (χ0v) is 17.9. The maximum Gasteiger partial charge on any atom is 0.218 e. The number of halogens is 1. The third kappa shape index (κ3) is 5.37. The molecule has 1 fully saturated rings. The van der Waals surface area contributed by atoms with Crippen LogP contribution in [0.15, 0.2) is 61.2 Å². The van der Waals surface area contributed by atoms with E-state index in [0.717, 1.165) is 16.7 Å². The minimum Gasteiger partial charge on any atom is -0.379 e. The minimum absolute atomic E-state index is 0.0426. The Morgan fingerprint density at radius 3 is 2.55 bits per heavy atom. The highest BCUT2D eigenvalue weighted by atomic mass is 32.2. The zero-order chi connectivity index (χ0) is 21.7. The molecule has 0 aliphatic carbocycles. The zero-order valence-electron chi connectivity index (χ0n) is 17.1. The van der Waals surface area contributed by atoms with Gasteiger partial charge >= 0.3 is 0 Å². The number of morpholine rings is 1. The van der Waals surface area contributed by atoms with E-state index >= 15 is 0 Å². The summed E-state index contributed by atoms with van der Waals surface area (Å²) < 4.78 is 48.3. The number of nitrogens with zero attached hydrogens (tertiary/aromatic N) is 3. The van der Waals surface area contributed by atoms with Crippen molar-refractivity contribution < 1.29 is 17.5 Å². The quantitative estimate of drug-likeness (QED) is 0.578. The lowest BCUT2D eigenvalue weighted by Gasteiger charge is -2.26. The molecule has 0 atom stereocenters. The Labute approximate surface area is 181 Å². The van der Waals surface area contributed by atoms with Crippen LogP contribution in [0.1, 0.15) is 16.7 Å². The van der Waals surface area contributed by atoms with Crippen molar-refractivity contribution in [1.29, 1.82) is 0 Å². The number of aromatic nitrogens is 2. The van der Waals surface area contributed by atoms with Gasteiger partial charge in [-0.3, -0.25) is 0 Å². The number of hydrogen-bond acceptors (Lipinski definition) is 5. The van der Waals surface area contributed by atoms with Crippen LogP contribution in [0.4, 0.5) is 4.39 Å². The van der Waals surface area contributed by atoms with Crippen molar-refractivity contribution in [3.63, 3.8) is 0 Å². The predicted octanol–water partition coefficient (Wildman–Crippen LogP) is 2.46. The molecule has 0 bridgehead atoms. The maximum absolute atomic E-state index is 14.4. The van der Waals surface area contributed by atoms with Crippen LogP contribution in [0.5, 0.6) is 0 Å². The van der Waals surface area contributed by atoms with Gasteiger partial charge in [0.05, 0.1) is 31.0 Å². The molecule has 4 rings (SSSR count). The molecule has 1 aromatic heterocycles. The molecule has 0 unspecified atom stereocenters. The summed E-state index contributed by atoms with van der Waals surface area (Å²) in [4.78, 5) is 3.94. The second kappa shape index (κ2) is 9.69. The molecule has 7 nitrogen and oxygen atoms in total. The van der Waals surface area contributed by atoms with Gasteiger partial charge in [0.2, 0.25) is 10.0 Å². The van der Waals surface area contributed by atoms with Gasteiger partial charge < -0.3 is 14.6 Å². The van der Waals surface area contributed by atoms with E-state index in [1.165, 1.54) is 10.4 Å². The molecule has 0 radical (unpaired) electrons. The monoisotopic (exact) mass is 444 g/mol. The summed E-state index contributed by atoms with van der Waals surface area (Å²) in [6, 6.07) is 12.6. The molecule has 2 aromatic carbocycles. The summed E-state index contributed by atoms with van der Waals surface area (Å²) in [5.74, 6) is -0.367. The van der Waals surface area contributed by atoms with Crippen molar-refractivity contribution >= 4 is 10.0 Å².